The first-order valence-corrected chi connectivity index (χ1v) is 5.47. The number of nitrogens with zero attached hydrogens (tertiary/aromatic N) is 3. The molecule has 2 rings (SSSR count). The van der Waals surface area contributed by atoms with Crippen LogP contribution < -0.4 is 5.32 Å². The lowest BCUT2D eigenvalue weighted by Crippen LogP contribution is -2.13. The summed E-state index contributed by atoms with van der Waals surface area (Å²) in [6.45, 7) is 1.41. The maximum Gasteiger partial charge on any atom is 0.122 e. The second kappa shape index (κ2) is 5.28. The third kappa shape index (κ3) is 2.52. The fourth-order valence-corrected chi connectivity index (χ4v) is 1.76. The molecule has 1 aromatic heterocycles. The van der Waals surface area contributed by atoms with E-state index in [0.717, 1.165) is 23.5 Å². The van der Waals surface area contributed by atoms with Gasteiger partial charge in [0.05, 0.1) is 24.7 Å². The molecule has 0 aliphatic heterocycles. The van der Waals surface area contributed by atoms with Gasteiger partial charge in [-0.25, -0.2) is 4.98 Å². The molecule has 0 saturated carbocycles. The predicted molar refractivity (Wildman–Crippen MR) is 65.2 cm³/mol. The van der Waals surface area contributed by atoms with E-state index in [1.807, 2.05) is 42.1 Å². The van der Waals surface area contributed by atoms with Gasteiger partial charge in [-0.3, -0.25) is 0 Å². The quantitative estimate of drug-likeness (QED) is 0.860. The van der Waals surface area contributed by atoms with E-state index in [0.29, 0.717) is 6.54 Å². The molecule has 0 atom stereocenters. The minimum Gasteiger partial charge on any atom is -0.329 e. The average molecular weight is 226 g/mol. The van der Waals surface area contributed by atoms with Crippen LogP contribution in [0.15, 0.2) is 36.7 Å². The zero-order valence-corrected chi connectivity index (χ0v) is 9.72. The molecule has 17 heavy (non-hydrogen) atoms. The highest BCUT2D eigenvalue weighted by Gasteiger charge is 2.05. The summed E-state index contributed by atoms with van der Waals surface area (Å²) in [4.78, 5) is 4.28. The van der Waals surface area contributed by atoms with Crippen molar-refractivity contribution in [1.82, 2.24) is 14.9 Å². The van der Waals surface area contributed by atoms with E-state index in [1.165, 1.54) is 0 Å². The standard InChI is InChI=1S/C13H14N4/c1-15-9-13-16-6-7-17(13)10-12-5-3-2-4-11(12)8-14/h2-7,15H,9-10H2,1H3. The third-order valence-electron chi connectivity index (χ3n) is 2.62. The maximum absolute atomic E-state index is 9.03. The molecule has 0 aliphatic rings. The summed E-state index contributed by atoms with van der Waals surface area (Å²) in [7, 11) is 1.89. The molecular weight excluding hydrogens is 212 g/mol. The first-order chi connectivity index (χ1) is 8.35. The lowest BCUT2D eigenvalue weighted by atomic mass is 10.1. The van der Waals surface area contributed by atoms with Crippen molar-refractivity contribution in [2.45, 2.75) is 13.1 Å². The number of hydrogen-bond donors (Lipinski definition) is 1. The van der Waals surface area contributed by atoms with E-state index in [1.54, 1.807) is 6.20 Å². The topological polar surface area (TPSA) is 53.6 Å². The second-order valence-electron chi connectivity index (χ2n) is 3.77. The van der Waals surface area contributed by atoms with Crippen molar-refractivity contribution in [3.05, 3.63) is 53.6 Å². The van der Waals surface area contributed by atoms with Crippen molar-refractivity contribution in [3.63, 3.8) is 0 Å². The van der Waals surface area contributed by atoms with Crippen LogP contribution in [0.5, 0.6) is 0 Å². The van der Waals surface area contributed by atoms with Crippen LogP contribution in [-0.4, -0.2) is 16.6 Å². The Labute approximate surface area is 101 Å². The van der Waals surface area contributed by atoms with Gasteiger partial charge in [0.1, 0.15) is 5.82 Å². The van der Waals surface area contributed by atoms with Crippen molar-refractivity contribution in [2.75, 3.05) is 7.05 Å². The molecule has 1 heterocycles. The molecule has 0 amide bonds. The Kier molecular flexibility index (Phi) is 3.53. The summed E-state index contributed by atoms with van der Waals surface area (Å²) >= 11 is 0. The van der Waals surface area contributed by atoms with Gasteiger partial charge in [-0.1, -0.05) is 18.2 Å². The lowest BCUT2D eigenvalue weighted by Gasteiger charge is -2.08. The van der Waals surface area contributed by atoms with Gasteiger partial charge >= 0.3 is 0 Å². The highest BCUT2D eigenvalue weighted by atomic mass is 15.1. The van der Waals surface area contributed by atoms with Gasteiger partial charge in [-0.2, -0.15) is 5.26 Å². The summed E-state index contributed by atoms with van der Waals surface area (Å²) < 4.78 is 2.05. The van der Waals surface area contributed by atoms with Crippen molar-refractivity contribution in [2.24, 2.45) is 0 Å². The molecule has 2 aromatic rings. The third-order valence-corrected chi connectivity index (χ3v) is 2.62. The van der Waals surface area contributed by atoms with Crippen LogP contribution >= 0.6 is 0 Å². The number of hydrogen-bond acceptors (Lipinski definition) is 3. The van der Waals surface area contributed by atoms with E-state index in [9.17, 15) is 0 Å². The monoisotopic (exact) mass is 226 g/mol. The Balaban J connectivity index is 2.26. The molecular formula is C13H14N4. The summed E-state index contributed by atoms with van der Waals surface area (Å²) in [5, 5.41) is 12.1. The molecule has 0 bridgehead atoms. The number of nitrogens with one attached hydrogen (secondary N) is 1. The fraction of sp³-hybridized carbons (Fsp3) is 0.231. The van der Waals surface area contributed by atoms with Crippen LogP contribution in [0.2, 0.25) is 0 Å². The predicted octanol–water partition coefficient (Wildman–Crippen LogP) is 1.52. The van der Waals surface area contributed by atoms with Gasteiger partial charge in [-0.05, 0) is 18.7 Å². The second-order valence-corrected chi connectivity index (χ2v) is 3.77. The summed E-state index contributed by atoms with van der Waals surface area (Å²) in [6.07, 6.45) is 3.71. The van der Waals surface area contributed by atoms with Gasteiger partial charge in [0, 0.05) is 12.4 Å². The molecule has 0 spiro atoms. The van der Waals surface area contributed by atoms with Crippen LogP contribution in [0.25, 0.3) is 0 Å². The van der Waals surface area contributed by atoms with Crippen LogP contribution in [0.4, 0.5) is 0 Å². The Hall–Kier alpha value is -2.12. The van der Waals surface area contributed by atoms with Crippen molar-refractivity contribution < 1.29 is 0 Å². The first-order valence-electron chi connectivity index (χ1n) is 5.47. The molecule has 4 heteroatoms. The van der Waals surface area contributed by atoms with Gasteiger partial charge < -0.3 is 9.88 Å². The van der Waals surface area contributed by atoms with Gasteiger partial charge in [0.15, 0.2) is 0 Å². The molecule has 0 unspecified atom stereocenters. The highest BCUT2D eigenvalue weighted by Crippen LogP contribution is 2.10. The molecule has 1 N–H and O–H groups in total. The molecule has 0 radical (unpaired) electrons. The van der Waals surface area contributed by atoms with Crippen LogP contribution in [0.1, 0.15) is 17.0 Å². The Bertz CT molecular complexity index is 536. The number of aromatic nitrogens is 2. The van der Waals surface area contributed by atoms with Gasteiger partial charge in [0.25, 0.3) is 0 Å². The average Bonchev–Trinajstić information content (AvgIpc) is 2.78. The Morgan fingerprint density at radius 3 is 3.00 bits per heavy atom. The van der Waals surface area contributed by atoms with Crippen molar-refractivity contribution in [3.8, 4) is 6.07 Å². The minimum absolute atomic E-state index is 0.681. The zero-order chi connectivity index (χ0) is 12.1. The SMILES string of the molecule is CNCc1nccn1Cc1ccccc1C#N. The number of imidazole rings is 1. The maximum atomic E-state index is 9.03. The van der Waals surface area contributed by atoms with E-state index in [4.69, 9.17) is 5.26 Å². The summed E-state index contributed by atoms with van der Waals surface area (Å²) in [6, 6.07) is 9.85. The molecule has 0 saturated heterocycles. The number of benzene rings is 1. The molecule has 86 valence electrons. The van der Waals surface area contributed by atoms with Crippen LogP contribution in [-0.2, 0) is 13.1 Å². The van der Waals surface area contributed by atoms with E-state index >= 15 is 0 Å². The Morgan fingerprint density at radius 1 is 1.41 bits per heavy atom. The zero-order valence-electron chi connectivity index (χ0n) is 9.72. The minimum atomic E-state index is 0.681. The largest absolute Gasteiger partial charge is 0.329 e. The fourth-order valence-electron chi connectivity index (χ4n) is 1.76. The van der Waals surface area contributed by atoms with Crippen LogP contribution in [0, 0.1) is 11.3 Å². The lowest BCUT2D eigenvalue weighted by molar-refractivity contribution is 0.672. The number of rotatable bonds is 4. The Morgan fingerprint density at radius 2 is 2.24 bits per heavy atom. The van der Waals surface area contributed by atoms with Gasteiger partial charge in [0.2, 0.25) is 0 Å². The van der Waals surface area contributed by atoms with Crippen molar-refractivity contribution >= 4 is 0 Å². The smallest absolute Gasteiger partial charge is 0.122 e. The van der Waals surface area contributed by atoms with E-state index in [-0.39, 0.29) is 0 Å². The molecule has 4 nitrogen and oxygen atoms in total. The molecule has 0 fully saturated rings. The van der Waals surface area contributed by atoms with Gasteiger partial charge in [-0.15, -0.1) is 0 Å². The van der Waals surface area contributed by atoms with Crippen LogP contribution in [0.3, 0.4) is 0 Å². The van der Waals surface area contributed by atoms with E-state index in [2.05, 4.69) is 16.4 Å². The van der Waals surface area contributed by atoms with Crippen molar-refractivity contribution in [1.29, 1.82) is 5.26 Å². The number of nitriles is 1. The molecule has 1 aromatic carbocycles. The first kappa shape index (κ1) is 11.4. The summed E-state index contributed by atoms with van der Waals surface area (Å²) in [5.41, 5.74) is 1.74. The highest BCUT2D eigenvalue weighted by molar-refractivity contribution is 5.37. The van der Waals surface area contributed by atoms with E-state index < -0.39 is 0 Å². The molecule has 0 aliphatic carbocycles. The normalized spacial score (nSPS) is 10.1. The summed E-state index contributed by atoms with van der Waals surface area (Å²) in [5.74, 6) is 0.972.